The fourth-order valence-corrected chi connectivity index (χ4v) is 4.74. The zero-order valence-corrected chi connectivity index (χ0v) is 21.4. The van der Waals surface area contributed by atoms with Gasteiger partial charge < -0.3 is 15.1 Å². The number of thiazole rings is 1. The molecule has 16 heteroatoms. The van der Waals surface area contributed by atoms with E-state index in [4.69, 9.17) is 19.8 Å². The van der Waals surface area contributed by atoms with Gasteiger partial charge in [0.1, 0.15) is 0 Å². The first kappa shape index (κ1) is 31.9. The summed E-state index contributed by atoms with van der Waals surface area (Å²) in [5, 5.41) is 17.4. The van der Waals surface area contributed by atoms with Crippen LogP contribution in [0.2, 0.25) is 0 Å². The number of carboxylic acid groups (broad SMARTS) is 2. The molecule has 2 aromatic heterocycles. The van der Waals surface area contributed by atoms with Gasteiger partial charge in [-0.25, -0.2) is 14.6 Å². The van der Waals surface area contributed by atoms with Crippen molar-refractivity contribution in [2.45, 2.75) is 63.6 Å². The second kappa shape index (κ2) is 13.2. The standard InChI is InChI=1S/C19H24N4OS.2C2HF3O2/c1-15-21-17(14-25-15)13-23-18(24)5-6-19(23)7-10-22(11-8-19)12-16-4-2-3-9-20-16;2*3-2(4,5)1(6)7/h2-4,9,14H,5-8,10-13H2,1H3;2*(H,6,7). The molecule has 0 radical (unpaired) electrons. The number of aryl methyl sites for hydroxylation is 1. The molecule has 0 bridgehead atoms. The first-order valence-corrected chi connectivity index (χ1v) is 12.4. The number of pyridine rings is 1. The number of carboxylic acids is 2. The van der Waals surface area contributed by atoms with Gasteiger partial charge in [0.2, 0.25) is 5.91 Å². The number of alkyl halides is 6. The van der Waals surface area contributed by atoms with Crippen LogP contribution in [0.3, 0.4) is 0 Å². The van der Waals surface area contributed by atoms with Crippen molar-refractivity contribution >= 4 is 29.2 Å². The molecule has 1 amide bonds. The summed E-state index contributed by atoms with van der Waals surface area (Å²) >= 11 is 1.66. The number of likely N-dealkylation sites (tertiary alicyclic amines) is 2. The summed E-state index contributed by atoms with van der Waals surface area (Å²) in [6, 6.07) is 6.08. The number of aliphatic carboxylic acids is 2. The molecule has 2 aromatic rings. The lowest BCUT2D eigenvalue weighted by Gasteiger charge is -2.44. The van der Waals surface area contributed by atoms with Crippen LogP contribution in [0.1, 0.15) is 42.1 Å². The normalized spacial score (nSPS) is 17.2. The minimum absolute atomic E-state index is 0.0369. The number of rotatable bonds is 4. The lowest BCUT2D eigenvalue weighted by Crippen LogP contribution is -2.52. The van der Waals surface area contributed by atoms with Gasteiger partial charge in [-0.1, -0.05) is 6.07 Å². The highest BCUT2D eigenvalue weighted by molar-refractivity contribution is 7.09. The number of piperidine rings is 1. The minimum Gasteiger partial charge on any atom is -0.475 e. The van der Waals surface area contributed by atoms with Gasteiger partial charge in [0.15, 0.2) is 0 Å². The van der Waals surface area contributed by atoms with Crippen molar-refractivity contribution in [1.82, 2.24) is 19.8 Å². The second-order valence-electron chi connectivity index (χ2n) is 8.77. The van der Waals surface area contributed by atoms with Gasteiger partial charge in [0, 0.05) is 43.2 Å². The molecule has 2 aliphatic rings. The quantitative estimate of drug-likeness (QED) is 0.511. The number of nitrogens with zero attached hydrogens (tertiary/aromatic N) is 4. The lowest BCUT2D eigenvalue weighted by atomic mass is 9.85. The Balaban J connectivity index is 0.000000317. The lowest BCUT2D eigenvalue weighted by molar-refractivity contribution is -0.193. The highest BCUT2D eigenvalue weighted by atomic mass is 32.1. The molecule has 39 heavy (non-hydrogen) atoms. The molecule has 216 valence electrons. The number of carbonyl (C=O) groups is 3. The van der Waals surface area contributed by atoms with Crippen LogP contribution in [0, 0.1) is 6.92 Å². The van der Waals surface area contributed by atoms with Crippen molar-refractivity contribution in [1.29, 1.82) is 0 Å². The largest absolute Gasteiger partial charge is 0.490 e. The van der Waals surface area contributed by atoms with E-state index in [0.29, 0.717) is 18.9 Å². The number of halogens is 6. The third kappa shape index (κ3) is 9.76. The maximum absolute atomic E-state index is 12.5. The Kier molecular flexibility index (Phi) is 10.8. The Labute approximate surface area is 223 Å². The Morgan fingerprint density at radius 3 is 1.97 bits per heavy atom. The van der Waals surface area contributed by atoms with E-state index < -0.39 is 24.3 Å². The molecule has 0 saturated carbocycles. The van der Waals surface area contributed by atoms with Crippen LogP contribution >= 0.6 is 11.3 Å². The molecule has 1 spiro atoms. The third-order valence-corrected chi connectivity index (χ3v) is 6.87. The third-order valence-electron chi connectivity index (χ3n) is 6.05. The van der Waals surface area contributed by atoms with Gasteiger partial charge >= 0.3 is 24.3 Å². The number of aromatic nitrogens is 2. The van der Waals surface area contributed by atoms with Crippen molar-refractivity contribution in [3.63, 3.8) is 0 Å². The first-order chi connectivity index (χ1) is 18.0. The number of amides is 1. The molecular formula is C23H26F6N4O5S. The SMILES string of the molecule is Cc1nc(CN2C(=O)CCC23CCN(Cc2ccccn2)CC3)cs1.O=C(O)C(F)(F)F.O=C(O)C(F)(F)F. The van der Waals surface area contributed by atoms with Gasteiger partial charge in [0.05, 0.1) is 22.9 Å². The molecule has 4 heterocycles. The van der Waals surface area contributed by atoms with Crippen molar-refractivity contribution in [3.05, 3.63) is 46.2 Å². The molecule has 0 aromatic carbocycles. The second-order valence-corrected chi connectivity index (χ2v) is 9.83. The van der Waals surface area contributed by atoms with Crippen molar-refractivity contribution in [3.8, 4) is 0 Å². The van der Waals surface area contributed by atoms with Gasteiger partial charge in [-0.3, -0.25) is 14.7 Å². The fourth-order valence-electron chi connectivity index (χ4n) is 4.14. The molecule has 0 unspecified atom stereocenters. The first-order valence-electron chi connectivity index (χ1n) is 11.5. The summed E-state index contributed by atoms with van der Waals surface area (Å²) in [5.41, 5.74) is 2.19. The van der Waals surface area contributed by atoms with Gasteiger partial charge in [-0.05, 0) is 38.3 Å². The van der Waals surface area contributed by atoms with Crippen LogP contribution in [0.25, 0.3) is 0 Å². The zero-order chi connectivity index (χ0) is 29.4. The highest BCUT2D eigenvalue weighted by Gasteiger charge is 2.47. The molecule has 9 nitrogen and oxygen atoms in total. The summed E-state index contributed by atoms with van der Waals surface area (Å²) in [6.45, 7) is 5.64. The minimum atomic E-state index is -5.08. The summed E-state index contributed by atoms with van der Waals surface area (Å²) in [5.74, 6) is -5.22. The van der Waals surface area contributed by atoms with E-state index in [1.54, 1.807) is 11.3 Å². The monoisotopic (exact) mass is 584 g/mol. The van der Waals surface area contributed by atoms with Gasteiger partial charge in [-0.2, -0.15) is 26.3 Å². The zero-order valence-electron chi connectivity index (χ0n) is 20.6. The molecule has 0 atom stereocenters. The molecule has 4 rings (SSSR count). The van der Waals surface area contributed by atoms with Crippen LogP contribution in [-0.4, -0.2) is 78.8 Å². The van der Waals surface area contributed by atoms with Crippen LogP contribution in [0.15, 0.2) is 29.8 Å². The van der Waals surface area contributed by atoms with Crippen LogP contribution in [0.5, 0.6) is 0 Å². The molecule has 2 N–H and O–H groups in total. The number of hydrogen-bond acceptors (Lipinski definition) is 7. The maximum atomic E-state index is 12.5. The van der Waals surface area contributed by atoms with Crippen molar-refractivity contribution < 1.29 is 50.9 Å². The highest BCUT2D eigenvalue weighted by Crippen LogP contribution is 2.40. The van der Waals surface area contributed by atoms with Crippen LogP contribution in [-0.2, 0) is 27.5 Å². The molecule has 2 aliphatic heterocycles. The van der Waals surface area contributed by atoms with E-state index in [0.717, 1.165) is 55.3 Å². The van der Waals surface area contributed by atoms with E-state index in [1.165, 1.54) is 0 Å². The average molecular weight is 585 g/mol. The number of carbonyl (C=O) groups excluding carboxylic acids is 1. The topological polar surface area (TPSA) is 124 Å². The Hall–Kier alpha value is -3.27. The Bertz CT molecular complexity index is 1090. The molecule has 2 fully saturated rings. The van der Waals surface area contributed by atoms with Crippen LogP contribution in [0.4, 0.5) is 26.3 Å². The maximum Gasteiger partial charge on any atom is 0.490 e. The van der Waals surface area contributed by atoms with E-state index in [-0.39, 0.29) is 5.54 Å². The Morgan fingerprint density at radius 1 is 0.974 bits per heavy atom. The predicted molar refractivity (Wildman–Crippen MR) is 125 cm³/mol. The Morgan fingerprint density at radius 2 is 1.54 bits per heavy atom. The predicted octanol–water partition coefficient (Wildman–Crippen LogP) is 4.27. The van der Waals surface area contributed by atoms with Gasteiger partial charge in [-0.15, -0.1) is 11.3 Å². The summed E-state index contributed by atoms with van der Waals surface area (Å²) in [6.07, 6.45) is -4.53. The molecular weight excluding hydrogens is 558 g/mol. The number of hydrogen-bond donors (Lipinski definition) is 2. The van der Waals surface area contributed by atoms with Crippen LogP contribution < -0.4 is 0 Å². The molecule has 0 aliphatic carbocycles. The van der Waals surface area contributed by atoms with Crippen molar-refractivity contribution in [2.24, 2.45) is 0 Å². The fraction of sp³-hybridized carbons (Fsp3) is 0.522. The van der Waals surface area contributed by atoms with Gasteiger partial charge in [0.25, 0.3) is 0 Å². The average Bonchev–Trinajstić information content (AvgIpc) is 3.39. The van der Waals surface area contributed by atoms with E-state index in [9.17, 15) is 31.1 Å². The summed E-state index contributed by atoms with van der Waals surface area (Å²) in [7, 11) is 0. The van der Waals surface area contributed by atoms with Crippen molar-refractivity contribution in [2.75, 3.05) is 13.1 Å². The smallest absolute Gasteiger partial charge is 0.475 e. The summed E-state index contributed by atoms with van der Waals surface area (Å²) < 4.78 is 63.5. The summed E-state index contributed by atoms with van der Waals surface area (Å²) in [4.78, 5) is 43.9. The molecule has 2 saturated heterocycles. The van der Waals surface area contributed by atoms with E-state index in [1.807, 2.05) is 25.3 Å². The van der Waals surface area contributed by atoms with E-state index >= 15 is 0 Å². The van der Waals surface area contributed by atoms with E-state index in [2.05, 4.69) is 31.2 Å².